The number of piperidine rings is 1. The monoisotopic (exact) mass is 327 g/mol. The number of rotatable bonds is 6. The lowest BCUT2D eigenvalue weighted by Gasteiger charge is -2.22. The van der Waals surface area contributed by atoms with Gasteiger partial charge in [0, 0.05) is 24.7 Å². The first-order valence-electron chi connectivity index (χ1n) is 8.69. The van der Waals surface area contributed by atoms with Crippen LogP contribution in [0.2, 0.25) is 0 Å². The smallest absolute Gasteiger partial charge is 0.221 e. The summed E-state index contributed by atoms with van der Waals surface area (Å²) in [4.78, 5) is 11.0. The van der Waals surface area contributed by atoms with Crippen LogP contribution in [0.5, 0.6) is 0 Å². The van der Waals surface area contributed by atoms with E-state index >= 15 is 0 Å². The van der Waals surface area contributed by atoms with Crippen molar-refractivity contribution in [3.8, 4) is 11.3 Å². The molecule has 2 aromatic rings. The largest absolute Gasteiger partial charge is 0.326 e. The Labute approximate surface area is 142 Å². The van der Waals surface area contributed by atoms with Crippen LogP contribution in [-0.4, -0.2) is 34.0 Å². The number of carbonyl (C=O) groups is 1. The lowest BCUT2D eigenvalue weighted by molar-refractivity contribution is -0.114. The summed E-state index contributed by atoms with van der Waals surface area (Å²) in [5.41, 5.74) is 2.67. The third kappa shape index (κ3) is 4.64. The first-order valence-corrected chi connectivity index (χ1v) is 8.69. The van der Waals surface area contributed by atoms with Gasteiger partial charge in [0.1, 0.15) is 5.69 Å². The summed E-state index contributed by atoms with van der Waals surface area (Å²) in [5, 5.41) is 14.7. The molecule has 6 nitrogen and oxygen atoms in total. The van der Waals surface area contributed by atoms with E-state index in [0.29, 0.717) is 0 Å². The maximum Gasteiger partial charge on any atom is 0.221 e. The molecule has 1 aliphatic rings. The maximum atomic E-state index is 11.0. The summed E-state index contributed by atoms with van der Waals surface area (Å²) >= 11 is 0. The van der Waals surface area contributed by atoms with Gasteiger partial charge in [-0.1, -0.05) is 17.3 Å². The van der Waals surface area contributed by atoms with E-state index in [4.69, 9.17) is 0 Å². The minimum absolute atomic E-state index is 0.0672. The molecule has 0 bridgehead atoms. The van der Waals surface area contributed by atoms with Gasteiger partial charge in [0.05, 0.1) is 6.20 Å². The Hall–Kier alpha value is -2.21. The number of nitrogens with one attached hydrogen (secondary N) is 2. The fraction of sp³-hybridized carbons (Fsp3) is 0.500. The molecule has 0 atom stereocenters. The second kappa shape index (κ2) is 8.06. The third-order valence-corrected chi connectivity index (χ3v) is 4.50. The molecule has 0 radical (unpaired) electrons. The van der Waals surface area contributed by atoms with E-state index in [1.54, 1.807) is 0 Å². The molecule has 0 aliphatic carbocycles. The number of aromatic nitrogens is 3. The van der Waals surface area contributed by atoms with Crippen LogP contribution in [0.1, 0.15) is 32.6 Å². The number of nitrogens with zero attached hydrogens (tertiary/aromatic N) is 3. The van der Waals surface area contributed by atoms with Gasteiger partial charge < -0.3 is 10.6 Å². The number of aryl methyl sites for hydroxylation is 1. The van der Waals surface area contributed by atoms with Crippen molar-refractivity contribution in [3.63, 3.8) is 0 Å². The summed E-state index contributed by atoms with van der Waals surface area (Å²) in [6, 6.07) is 7.67. The molecule has 3 rings (SSSR count). The lowest BCUT2D eigenvalue weighted by atomic mass is 9.93. The van der Waals surface area contributed by atoms with Gasteiger partial charge in [0.2, 0.25) is 5.91 Å². The van der Waals surface area contributed by atoms with Gasteiger partial charge in [-0.05, 0) is 56.8 Å². The van der Waals surface area contributed by atoms with Gasteiger partial charge in [0.25, 0.3) is 0 Å². The zero-order valence-electron chi connectivity index (χ0n) is 14.2. The summed E-state index contributed by atoms with van der Waals surface area (Å²) in [5.74, 6) is 0.790. The van der Waals surface area contributed by atoms with E-state index in [1.165, 1.54) is 26.2 Å². The Balaban J connectivity index is 1.52. The molecule has 1 amide bonds. The molecule has 0 saturated carbocycles. The fourth-order valence-electron chi connectivity index (χ4n) is 3.18. The van der Waals surface area contributed by atoms with Crippen LogP contribution in [0.3, 0.4) is 0 Å². The molecule has 1 aromatic heterocycles. The fourth-order valence-corrected chi connectivity index (χ4v) is 3.18. The van der Waals surface area contributed by atoms with Crippen LogP contribution < -0.4 is 10.6 Å². The van der Waals surface area contributed by atoms with E-state index in [1.807, 2.05) is 35.1 Å². The van der Waals surface area contributed by atoms with E-state index in [-0.39, 0.29) is 5.91 Å². The second-order valence-corrected chi connectivity index (χ2v) is 6.46. The summed E-state index contributed by atoms with van der Waals surface area (Å²) < 4.78 is 1.93. The average Bonchev–Trinajstić information content (AvgIpc) is 3.05. The zero-order valence-corrected chi connectivity index (χ0v) is 14.2. The second-order valence-electron chi connectivity index (χ2n) is 6.46. The molecule has 1 saturated heterocycles. The number of anilines is 1. The molecule has 0 spiro atoms. The van der Waals surface area contributed by atoms with Gasteiger partial charge in [0.15, 0.2) is 0 Å². The van der Waals surface area contributed by atoms with Gasteiger partial charge in [-0.3, -0.25) is 9.48 Å². The molecular weight excluding hydrogens is 302 g/mol. The van der Waals surface area contributed by atoms with E-state index < -0.39 is 0 Å². The molecular formula is C18H25N5O. The standard InChI is InChI=1S/C18H25N5O/c1-14(24)20-17-6-4-16(5-7-17)18-13-23(22-21-18)12-2-3-15-8-10-19-11-9-15/h4-7,13,15,19H,2-3,8-12H2,1H3,(H,20,24). The van der Waals surface area contributed by atoms with Crippen molar-refractivity contribution >= 4 is 11.6 Å². The van der Waals surface area contributed by atoms with E-state index in [9.17, 15) is 4.79 Å². The topological polar surface area (TPSA) is 71.8 Å². The Morgan fingerprint density at radius 2 is 2.04 bits per heavy atom. The summed E-state index contributed by atoms with van der Waals surface area (Å²) in [6.07, 6.45) is 7.00. The third-order valence-electron chi connectivity index (χ3n) is 4.50. The Bertz CT molecular complexity index is 658. The highest BCUT2D eigenvalue weighted by Gasteiger charge is 2.12. The Kier molecular flexibility index (Phi) is 5.59. The first-order chi connectivity index (χ1) is 11.7. The predicted molar refractivity (Wildman–Crippen MR) is 94.6 cm³/mol. The molecule has 128 valence electrons. The maximum absolute atomic E-state index is 11.0. The van der Waals surface area contributed by atoms with Crippen LogP contribution >= 0.6 is 0 Å². The summed E-state index contributed by atoms with van der Waals surface area (Å²) in [7, 11) is 0. The van der Waals surface area contributed by atoms with Crippen LogP contribution in [-0.2, 0) is 11.3 Å². The van der Waals surface area contributed by atoms with Crippen molar-refractivity contribution in [3.05, 3.63) is 30.5 Å². The number of hydrogen-bond donors (Lipinski definition) is 2. The van der Waals surface area contributed by atoms with E-state index in [2.05, 4.69) is 20.9 Å². The van der Waals surface area contributed by atoms with Crippen molar-refractivity contribution in [2.75, 3.05) is 18.4 Å². The average molecular weight is 327 g/mol. The van der Waals surface area contributed by atoms with E-state index in [0.717, 1.165) is 48.9 Å². The van der Waals surface area contributed by atoms with Crippen molar-refractivity contribution in [1.29, 1.82) is 0 Å². The first kappa shape index (κ1) is 16.6. The Morgan fingerprint density at radius 3 is 2.75 bits per heavy atom. The number of hydrogen-bond acceptors (Lipinski definition) is 4. The van der Waals surface area contributed by atoms with Gasteiger partial charge in [-0.15, -0.1) is 5.10 Å². The quantitative estimate of drug-likeness (QED) is 0.856. The SMILES string of the molecule is CC(=O)Nc1ccc(-c2cn(CCCC3CCNCC3)nn2)cc1. The number of amides is 1. The molecule has 6 heteroatoms. The number of benzene rings is 1. The zero-order chi connectivity index (χ0) is 16.8. The van der Waals surface area contributed by atoms with Gasteiger partial charge in [-0.25, -0.2) is 0 Å². The molecule has 2 N–H and O–H groups in total. The van der Waals surface area contributed by atoms with Crippen LogP contribution in [0.15, 0.2) is 30.5 Å². The molecule has 1 aromatic carbocycles. The Morgan fingerprint density at radius 1 is 1.29 bits per heavy atom. The number of carbonyl (C=O) groups excluding carboxylic acids is 1. The molecule has 1 aliphatic heterocycles. The predicted octanol–water partition coefficient (Wildman–Crippen LogP) is 2.68. The molecule has 2 heterocycles. The molecule has 0 unspecified atom stereocenters. The molecule has 24 heavy (non-hydrogen) atoms. The van der Waals surface area contributed by atoms with Crippen molar-refractivity contribution in [2.24, 2.45) is 5.92 Å². The summed E-state index contributed by atoms with van der Waals surface area (Å²) in [6.45, 7) is 4.74. The highest BCUT2D eigenvalue weighted by Crippen LogP contribution is 2.20. The van der Waals surface area contributed by atoms with Crippen LogP contribution in [0, 0.1) is 5.92 Å². The van der Waals surface area contributed by atoms with Gasteiger partial charge in [-0.2, -0.15) is 0 Å². The highest BCUT2D eigenvalue weighted by atomic mass is 16.1. The van der Waals surface area contributed by atoms with Crippen molar-refractivity contribution in [1.82, 2.24) is 20.3 Å². The minimum Gasteiger partial charge on any atom is -0.326 e. The van der Waals surface area contributed by atoms with Crippen molar-refractivity contribution < 1.29 is 4.79 Å². The van der Waals surface area contributed by atoms with Crippen LogP contribution in [0.25, 0.3) is 11.3 Å². The normalized spacial score (nSPS) is 15.4. The van der Waals surface area contributed by atoms with Crippen molar-refractivity contribution in [2.45, 2.75) is 39.2 Å². The van der Waals surface area contributed by atoms with Crippen LogP contribution in [0.4, 0.5) is 5.69 Å². The lowest BCUT2D eigenvalue weighted by Crippen LogP contribution is -2.27. The molecule has 1 fully saturated rings. The minimum atomic E-state index is -0.0672. The van der Waals surface area contributed by atoms with Gasteiger partial charge >= 0.3 is 0 Å². The highest BCUT2D eigenvalue weighted by molar-refractivity contribution is 5.88.